The summed E-state index contributed by atoms with van der Waals surface area (Å²) in [5, 5.41) is 0. The molecule has 0 spiro atoms. The number of ether oxygens (including phenoxy) is 2. The third-order valence-corrected chi connectivity index (χ3v) is 2.73. The molecule has 0 aliphatic rings. The quantitative estimate of drug-likeness (QED) is 0.431. The number of ketones is 1. The molecule has 0 N–H and O–H groups in total. The summed E-state index contributed by atoms with van der Waals surface area (Å²) in [6.45, 7) is 6.22. The molecular weight excluding hydrogens is 244 g/mol. The van der Waals surface area contributed by atoms with Crippen LogP contribution in [-0.2, 0) is 9.53 Å². The maximum atomic E-state index is 12.3. The normalized spacial score (nSPS) is 11.7. The highest BCUT2D eigenvalue weighted by Crippen LogP contribution is 2.19. The topological polar surface area (TPSA) is 52.6 Å². The van der Waals surface area contributed by atoms with E-state index in [4.69, 9.17) is 9.47 Å². The molecule has 0 fully saturated rings. The second kappa shape index (κ2) is 7.56. The van der Waals surface area contributed by atoms with Gasteiger partial charge in [0.25, 0.3) is 0 Å². The zero-order chi connectivity index (χ0) is 14.3. The second-order valence-corrected chi connectivity index (χ2v) is 4.04. The van der Waals surface area contributed by atoms with Crippen LogP contribution in [0.5, 0.6) is 5.75 Å². The molecule has 0 bridgehead atoms. The maximum Gasteiger partial charge on any atom is 0.316 e. The summed E-state index contributed by atoms with van der Waals surface area (Å²) >= 11 is 0. The van der Waals surface area contributed by atoms with Crippen LogP contribution in [0.2, 0.25) is 0 Å². The smallest absolute Gasteiger partial charge is 0.316 e. The van der Waals surface area contributed by atoms with Gasteiger partial charge < -0.3 is 9.47 Å². The lowest BCUT2D eigenvalue weighted by Gasteiger charge is -2.13. The number of benzene rings is 1. The van der Waals surface area contributed by atoms with Gasteiger partial charge in [0.15, 0.2) is 5.78 Å². The Hall–Kier alpha value is -1.84. The Morgan fingerprint density at radius 1 is 1.16 bits per heavy atom. The largest absolute Gasteiger partial charge is 0.494 e. The van der Waals surface area contributed by atoms with Gasteiger partial charge in [0.2, 0.25) is 0 Å². The summed E-state index contributed by atoms with van der Waals surface area (Å²) < 4.78 is 10.3. The zero-order valence-corrected chi connectivity index (χ0v) is 11.6. The van der Waals surface area contributed by atoms with Crippen molar-refractivity contribution < 1.29 is 19.1 Å². The van der Waals surface area contributed by atoms with Gasteiger partial charge in [0.1, 0.15) is 11.7 Å². The highest BCUT2D eigenvalue weighted by Gasteiger charge is 2.27. The van der Waals surface area contributed by atoms with Crippen LogP contribution < -0.4 is 4.74 Å². The van der Waals surface area contributed by atoms with Gasteiger partial charge in [-0.2, -0.15) is 0 Å². The van der Waals surface area contributed by atoms with Crippen molar-refractivity contribution in [2.45, 2.75) is 27.2 Å². The highest BCUT2D eigenvalue weighted by molar-refractivity contribution is 6.08. The number of hydrogen-bond acceptors (Lipinski definition) is 4. The molecule has 4 nitrogen and oxygen atoms in total. The van der Waals surface area contributed by atoms with Crippen LogP contribution in [0.3, 0.4) is 0 Å². The van der Waals surface area contributed by atoms with Crippen molar-refractivity contribution in [2.24, 2.45) is 5.92 Å². The van der Waals surface area contributed by atoms with E-state index >= 15 is 0 Å². The van der Waals surface area contributed by atoms with Crippen molar-refractivity contribution in [1.82, 2.24) is 0 Å². The fourth-order valence-corrected chi connectivity index (χ4v) is 1.81. The minimum absolute atomic E-state index is 0.220. The fourth-order valence-electron chi connectivity index (χ4n) is 1.81. The Morgan fingerprint density at radius 3 is 2.47 bits per heavy atom. The van der Waals surface area contributed by atoms with Crippen molar-refractivity contribution in [3.63, 3.8) is 0 Å². The Kier molecular flexibility index (Phi) is 6.06. The summed E-state index contributed by atoms with van der Waals surface area (Å²) in [7, 11) is 0. The van der Waals surface area contributed by atoms with Crippen molar-refractivity contribution >= 4 is 11.8 Å². The van der Waals surface area contributed by atoms with Crippen molar-refractivity contribution in [2.75, 3.05) is 13.2 Å². The number of rotatable bonds is 7. The number of carbonyl (C=O) groups excluding carboxylic acids is 2. The molecule has 0 radical (unpaired) electrons. The molecular formula is C15H20O4. The van der Waals surface area contributed by atoms with E-state index in [0.29, 0.717) is 24.3 Å². The Morgan fingerprint density at radius 2 is 1.89 bits per heavy atom. The van der Waals surface area contributed by atoms with Crippen LogP contribution in [-0.4, -0.2) is 25.0 Å². The minimum atomic E-state index is -0.739. The predicted molar refractivity (Wildman–Crippen MR) is 72.4 cm³/mol. The number of esters is 1. The molecule has 1 rings (SSSR count). The van der Waals surface area contributed by atoms with E-state index in [-0.39, 0.29) is 12.4 Å². The van der Waals surface area contributed by atoms with Gasteiger partial charge in [0.05, 0.1) is 13.2 Å². The first kappa shape index (κ1) is 15.2. The summed E-state index contributed by atoms with van der Waals surface area (Å²) in [6, 6.07) is 6.88. The van der Waals surface area contributed by atoms with Crippen LogP contribution in [0.1, 0.15) is 37.6 Å². The Labute approximate surface area is 113 Å². The number of hydrogen-bond donors (Lipinski definition) is 0. The number of Topliss-reactive ketones (excluding diaryl/α,β-unsaturated/α-hetero) is 1. The molecule has 1 aromatic carbocycles. The SMILES string of the molecule is CCOC(=O)C(CC)C(=O)c1cccc(OCC)c1. The Balaban J connectivity index is 2.90. The molecule has 4 heteroatoms. The van der Waals surface area contributed by atoms with Crippen LogP contribution >= 0.6 is 0 Å². The molecule has 0 saturated carbocycles. The third-order valence-electron chi connectivity index (χ3n) is 2.73. The minimum Gasteiger partial charge on any atom is -0.494 e. The van der Waals surface area contributed by atoms with E-state index < -0.39 is 11.9 Å². The van der Waals surface area contributed by atoms with E-state index in [1.165, 1.54) is 0 Å². The zero-order valence-electron chi connectivity index (χ0n) is 11.6. The molecule has 0 saturated heterocycles. The molecule has 0 aromatic heterocycles. The van der Waals surface area contributed by atoms with Crippen LogP contribution in [0, 0.1) is 5.92 Å². The van der Waals surface area contributed by atoms with Gasteiger partial charge in [-0.05, 0) is 32.4 Å². The lowest BCUT2D eigenvalue weighted by atomic mass is 9.95. The first-order valence-electron chi connectivity index (χ1n) is 6.57. The highest BCUT2D eigenvalue weighted by atomic mass is 16.5. The van der Waals surface area contributed by atoms with Gasteiger partial charge in [-0.15, -0.1) is 0 Å². The standard InChI is InChI=1S/C15H20O4/c1-4-13(15(17)19-6-3)14(16)11-8-7-9-12(10-11)18-5-2/h7-10,13H,4-6H2,1-3H3. The summed E-state index contributed by atoms with van der Waals surface area (Å²) in [4.78, 5) is 24.0. The van der Waals surface area contributed by atoms with Crippen molar-refractivity contribution in [3.05, 3.63) is 29.8 Å². The van der Waals surface area contributed by atoms with E-state index in [0.717, 1.165) is 0 Å². The summed E-state index contributed by atoms with van der Waals surface area (Å²) in [5.41, 5.74) is 0.478. The lowest BCUT2D eigenvalue weighted by molar-refractivity contribution is -0.146. The fraction of sp³-hybridized carbons (Fsp3) is 0.467. The summed E-state index contributed by atoms with van der Waals surface area (Å²) in [6.07, 6.45) is 0.427. The van der Waals surface area contributed by atoms with E-state index in [9.17, 15) is 9.59 Å². The van der Waals surface area contributed by atoms with Gasteiger partial charge in [-0.1, -0.05) is 19.1 Å². The van der Waals surface area contributed by atoms with E-state index in [1.54, 1.807) is 38.1 Å². The first-order chi connectivity index (χ1) is 9.13. The molecule has 0 aliphatic carbocycles. The molecule has 19 heavy (non-hydrogen) atoms. The molecule has 0 heterocycles. The van der Waals surface area contributed by atoms with Crippen LogP contribution in [0.4, 0.5) is 0 Å². The average molecular weight is 264 g/mol. The average Bonchev–Trinajstić information content (AvgIpc) is 2.40. The van der Waals surface area contributed by atoms with Crippen molar-refractivity contribution in [3.8, 4) is 5.75 Å². The lowest BCUT2D eigenvalue weighted by Crippen LogP contribution is -2.25. The van der Waals surface area contributed by atoms with Crippen LogP contribution in [0.25, 0.3) is 0 Å². The molecule has 0 aliphatic heterocycles. The summed E-state index contributed by atoms with van der Waals surface area (Å²) in [5.74, 6) is -0.789. The molecule has 1 unspecified atom stereocenters. The molecule has 1 aromatic rings. The third kappa shape index (κ3) is 4.09. The predicted octanol–water partition coefficient (Wildman–Crippen LogP) is 2.86. The first-order valence-corrected chi connectivity index (χ1v) is 6.57. The molecule has 1 atom stereocenters. The van der Waals surface area contributed by atoms with Gasteiger partial charge >= 0.3 is 5.97 Å². The van der Waals surface area contributed by atoms with E-state index in [1.807, 2.05) is 6.92 Å². The van der Waals surface area contributed by atoms with Gasteiger partial charge in [-0.25, -0.2) is 0 Å². The second-order valence-electron chi connectivity index (χ2n) is 4.04. The van der Waals surface area contributed by atoms with E-state index in [2.05, 4.69) is 0 Å². The van der Waals surface area contributed by atoms with Crippen LogP contribution in [0.15, 0.2) is 24.3 Å². The monoisotopic (exact) mass is 264 g/mol. The van der Waals surface area contributed by atoms with Gasteiger partial charge in [0, 0.05) is 5.56 Å². The maximum absolute atomic E-state index is 12.3. The molecule has 0 amide bonds. The molecule has 104 valence electrons. The van der Waals surface area contributed by atoms with Gasteiger partial charge in [-0.3, -0.25) is 9.59 Å². The Bertz CT molecular complexity index is 440. The number of carbonyl (C=O) groups is 2. The van der Waals surface area contributed by atoms with Crippen molar-refractivity contribution in [1.29, 1.82) is 0 Å².